The van der Waals surface area contributed by atoms with E-state index >= 15 is 0 Å². The first kappa shape index (κ1) is 17.7. The fraction of sp³-hybridized carbons (Fsp3) is 0.136. The SMILES string of the molecule is COc1ccccc1Oc1ccc(NC(=O)c2ccc3c(c2)OCCO3)cc1. The number of benzene rings is 3. The Kier molecular flexibility index (Phi) is 5.01. The number of anilines is 1. The summed E-state index contributed by atoms with van der Waals surface area (Å²) in [6.07, 6.45) is 0. The molecule has 0 fully saturated rings. The largest absolute Gasteiger partial charge is 0.493 e. The average molecular weight is 377 g/mol. The molecule has 0 aliphatic carbocycles. The first-order chi connectivity index (χ1) is 13.7. The lowest BCUT2D eigenvalue weighted by atomic mass is 10.1. The van der Waals surface area contributed by atoms with Crippen molar-refractivity contribution >= 4 is 11.6 Å². The van der Waals surface area contributed by atoms with Gasteiger partial charge in [0.25, 0.3) is 5.91 Å². The Morgan fingerprint density at radius 2 is 1.61 bits per heavy atom. The van der Waals surface area contributed by atoms with Crippen LogP contribution in [0.4, 0.5) is 5.69 Å². The van der Waals surface area contributed by atoms with Crippen molar-refractivity contribution in [1.29, 1.82) is 0 Å². The molecule has 6 heteroatoms. The lowest BCUT2D eigenvalue weighted by Gasteiger charge is -2.18. The molecule has 28 heavy (non-hydrogen) atoms. The number of rotatable bonds is 5. The van der Waals surface area contributed by atoms with E-state index in [1.54, 1.807) is 49.6 Å². The Balaban J connectivity index is 1.43. The fourth-order valence-electron chi connectivity index (χ4n) is 2.82. The van der Waals surface area contributed by atoms with E-state index in [4.69, 9.17) is 18.9 Å². The second-order valence-corrected chi connectivity index (χ2v) is 6.09. The van der Waals surface area contributed by atoms with Gasteiger partial charge in [0.05, 0.1) is 7.11 Å². The molecule has 1 aliphatic rings. The third-order valence-corrected chi connectivity index (χ3v) is 4.21. The molecule has 0 atom stereocenters. The van der Waals surface area contributed by atoms with Crippen LogP contribution in [0.1, 0.15) is 10.4 Å². The number of ether oxygens (including phenoxy) is 4. The topological polar surface area (TPSA) is 66.0 Å². The second-order valence-electron chi connectivity index (χ2n) is 6.09. The van der Waals surface area contributed by atoms with E-state index in [0.29, 0.717) is 53.2 Å². The predicted octanol–water partition coefficient (Wildman–Crippen LogP) is 4.51. The zero-order chi connectivity index (χ0) is 19.3. The predicted molar refractivity (Wildman–Crippen MR) is 105 cm³/mol. The summed E-state index contributed by atoms with van der Waals surface area (Å²) >= 11 is 0. The third kappa shape index (κ3) is 3.86. The molecule has 4 rings (SSSR count). The van der Waals surface area contributed by atoms with E-state index in [2.05, 4.69) is 5.32 Å². The normalized spacial score (nSPS) is 12.2. The van der Waals surface area contributed by atoms with Gasteiger partial charge in [-0.3, -0.25) is 4.79 Å². The van der Waals surface area contributed by atoms with Gasteiger partial charge in [-0.25, -0.2) is 0 Å². The average Bonchev–Trinajstić information content (AvgIpc) is 2.75. The second kappa shape index (κ2) is 7.92. The van der Waals surface area contributed by atoms with Gasteiger partial charge in [-0.2, -0.15) is 0 Å². The monoisotopic (exact) mass is 377 g/mol. The summed E-state index contributed by atoms with van der Waals surface area (Å²) in [4.78, 5) is 12.5. The van der Waals surface area contributed by atoms with Crippen LogP contribution in [0.15, 0.2) is 66.7 Å². The molecule has 1 heterocycles. The van der Waals surface area contributed by atoms with Crippen LogP contribution in [0.2, 0.25) is 0 Å². The number of carbonyl (C=O) groups excluding carboxylic acids is 1. The molecular formula is C22H19NO5. The maximum Gasteiger partial charge on any atom is 0.255 e. The summed E-state index contributed by atoms with van der Waals surface area (Å²) in [5.74, 6) is 2.92. The zero-order valence-electron chi connectivity index (χ0n) is 15.3. The van der Waals surface area contributed by atoms with Gasteiger partial charge in [0, 0.05) is 11.3 Å². The maximum absolute atomic E-state index is 12.5. The summed E-state index contributed by atoms with van der Waals surface area (Å²) in [5, 5.41) is 2.86. The minimum Gasteiger partial charge on any atom is -0.493 e. The molecule has 0 spiro atoms. The Labute approximate surface area is 162 Å². The van der Waals surface area contributed by atoms with E-state index < -0.39 is 0 Å². The molecular weight excluding hydrogens is 358 g/mol. The molecule has 3 aromatic rings. The molecule has 0 aromatic heterocycles. The fourth-order valence-corrected chi connectivity index (χ4v) is 2.82. The van der Waals surface area contributed by atoms with Crippen LogP contribution >= 0.6 is 0 Å². The molecule has 6 nitrogen and oxygen atoms in total. The highest BCUT2D eigenvalue weighted by Crippen LogP contribution is 2.32. The molecule has 1 aliphatic heterocycles. The smallest absolute Gasteiger partial charge is 0.255 e. The quantitative estimate of drug-likeness (QED) is 0.709. The lowest BCUT2D eigenvalue weighted by Crippen LogP contribution is -2.17. The summed E-state index contributed by atoms with van der Waals surface area (Å²) < 4.78 is 22.1. The molecule has 3 aromatic carbocycles. The van der Waals surface area contributed by atoms with Crippen molar-refractivity contribution in [3.05, 3.63) is 72.3 Å². The van der Waals surface area contributed by atoms with Gasteiger partial charge in [-0.15, -0.1) is 0 Å². The van der Waals surface area contributed by atoms with E-state index in [0.717, 1.165) is 0 Å². The number of para-hydroxylation sites is 2. The van der Waals surface area contributed by atoms with Gasteiger partial charge >= 0.3 is 0 Å². The summed E-state index contributed by atoms with van der Waals surface area (Å²) in [5.41, 5.74) is 1.16. The number of hydrogen-bond acceptors (Lipinski definition) is 5. The van der Waals surface area contributed by atoms with Gasteiger partial charge in [0.15, 0.2) is 23.0 Å². The van der Waals surface area contributed by atoms with Gasteiger partial charge < -0.3 is 24.3 Å². The highest BCUT2D eigenvalue weighted by molar-refractivity contribution is 6.04. The van der Waals surface area contributed by atoms with Crippen LogP contribution in [0.5, 0.6) is 28.7 Å². The molecule has 0 unspecified atom stereocenters. The number of nitrogens with one attached hydrogen (secondary N) is 1. The molecule has 0 saturated heterocycles. The Morgan fingerprint density at radius 1 is 0.893 bits per heavy atom. The molecule has 0 radical (unpaired) electrons. The molecule has 1 N–H and O–H groups in total. The number of amides is 1. The lowest BCUT2D eigenvalue weighted by molar-refractivity contribution is 0.102. The molecule has 142 valence electrons. The van der Waals surface area contributed by atoms with Crippen LogP contribution in [-0.2, 0) is 0 Å². The Hall–Kier alpha value is -3.67. The minimum atomic E-state index is -0.227. The van der Waals surface area contributed by atoms with Crippen molar-refractivity contribution in [2.75, 3.05) is 25.6 Å². The molecule has 0 saturated carbocycles. The summed E-state index contributed by atoms with van der Waals surface area (Å²) in [6, 6.07) is 19.7. The van der Waals surface area contributed by atoms with Crippen LogP contribution in [-0.4, -0.2) is 26.2 Å². The van der Waals surface area contributed by atoms with Crippen LogP contribution in [0.25, 0.3) is 0 Å². The van der Waals surface area contributed by atoms with Crippen LogP contribution in [0, 0.1) is 0 Å². The van der Waals surface area contributed by atoms with Crippen molar-refractivity contribution in [2.24, 2.45) is 0 Å². The third-order valence-electron chi connectivity index (χ3n) is 4.21. The standard InChI is InChI=1S/C22H19NO5/c1-25-18-4-2-3-5-20(18)28-17-9-7-16(8-10-17)23-22(24)15-6-11-19-21(14-15)27-13-12-26-19/h2-11,14H,12-13H2,1H3,(H,23,24). The van der Waals surface area contributed by atoms with E-state index in [1.165, 1.54) is 0 Å². The molecule has 0 bridgehead atoms. The van der Waals surface area contributed by atoms with Crippen LogP contribution < -0.4 is 24.3 Å². The number of methoxy groups -OCH3 is 1. The van der Waals surface area contributed by atoms with Gasteiger partial charge in [-0.05, 0) is 54.6 Å². The van der Waals surface area contributed by atoms with Crippen molar-refractivity contribution in [3.63, 3.8) is 0 Å². The summed E-state index contributed by atoms with van der Waals surface area (Å²) in [6.45, 7) is 0.994. The van der Waals surface area contributed by atoms with Gasteiger partial charge in [0.2, 0.25) is 0 Å². The van der Waals surface area contributed by atoms with Gasteiger partial charge in [-0.1, -0.05) is 12.1 Å². The Morgan fingerprint density at radius 3 is 2.36 bits per heavy atom. The number of carbonyl (C=O) groups is 1. The first-order valence-electron chi connectivity index (χ1n) is 8.85. The zero-order valence-corrected chi connectivity index (χ0v) is 15.3. The van der Waals surface area contributed by atoms with E-state index in [9.17, 15) is 4.79 Å². The highest BCUT2D eigenvalue weighted by atomic mass is 16.6. The molecule has 1 amide bonds. The van der Waals surface area contributed by atoms with Crippen molar-refractivity contribution < 1.29 is 23.7 Å². The van der Waals surface area contributed by atoms with Crippen LogP contribution in [0.3, 0.4) is 0 Å². The van der Waals surface area contributed by atoms with Crippen molar-refractivity contribution in [2.45, 2.75) is 0 Å². The summed E-state index contributed by atoms with van der Waals surface area (Å²) in [7, 11) is 1.60. The van der Waals surface area contributed by atoms with Gasteiger partial charge in [0.1, 0.15) is 19.0 Å². The van der Waals surface area contributed by atoms with E-state index in [1.807, 2.05) is 24.3 Å². The van der Waals surface area contributed by atoms with E-state index in [-0.39, 0.29) is 5.91 Å². The van der Waals surface area contributed by atoms with Crippen molar-refractivity contribution in [3.8, 4) is 28.7 Å². The highest BCUT2D eigenvalue weighted by Gasteiger charge is 2.15. The minimum absolute atomic E-state index is 0.227. The first-order valence-corrected chi connectivity index (χ1v) is 8.85. The Bertz CT molecular complexity index is 984. The van der Waals surface area contributed by atoms with Crippen molar-refractivity contribution in [1.82, 2.24) is 0 Å². The number of fused-ring (bicyclic) bond motifs is 1. The number of hydrogen-bond donors (Lipinski definition) is 1. The maximum atomic E-state index is 12.5.